The number of pyridine rings is 2. The third-order valence-electron chi connectivity index (χ3n) is 5.95. The van der Waals surface area contributed by atoms with E-state index < -0.39 is 0 Å². The molecule has 0 saturated carbocycles. The Morgan fingerprint density at radius 2 is 1.74 bits per heavy atom. The lowest BCUT2D eigenvalue weighted by atomic mass is 9.99. The fourth-order valence-corrected chi connectivity index (χ4v) is 4.76. The number of nitrogens with zero attached hydrogens (tertiary/aromatic N) is 2. The zero-order valence-corrected chi connectivity index (χ0v) is 15.6. The number of hydrogen-bond acceptors (Lipinski definition) is 1. The molecule has 27 heavy (non-hydrogen) atoms. The summed E-state index contributed by atoms with van der Waals surface area (Å²) in [4.78, 5) is 0. The van der Waals surface area contributed by atoms with Crippen molar-refractivity contribution in [1.82, 2.24) is 4.40 Å². The van der Waals surface area contributed by atoms with Gasteiger partial charge in [0.1, 0.15) is 12.8 Å². The number of aryl methyl sites for hydroxylation is 2. The highest BCUT2D eigenvalue weighted by Gasteiger charge is 2.23. The van der Waals surface area contributed by atoms with Gasteiger partial charge in [0, 0.05) is 28.3 Å². The minimum Gasteiger partial charge on any atom is -0.497 e. The van der Waals surface area contributed by atoms with Crippen LogP contribution in [0, 0.1) is 6.92 Å². The zero-order chi connectivity index (χ0) is 18.3. The van der Waals surface area contributed by atoms with Gasteiger partial charge in [-0.25, -0.2) is 4.57 Å². The molecule has 0 N–H and O–H groups in total. The van der Waals surface area contributed by atoms with Crippen LogP contribution in [0.3, 0.4) is 0 Å². The van der Waals surface area contributed by atoms with Crippen LogP contribution in [0.4, 0.5) is 0 Å². The van der Waals surface area contributed by atoms with Crippen LogP contribution in [-0.4, -0.2) is 11.5 Å². The van der Waals surface area contributed by atoms with Gasteiger partial charge in [0.05, 0.1) is 34.4 Å². The van der Waals surface area contributed by atoms with Crippen molar-refractivity contribution in [2.24, 2.45) is 7.05 Å². The van der Waals surface area contributed by atoms with Gasteiger partial charge >= 0.3 is 0 Å². The smallest absolute Gasteiger partial charge is 0.224 e. The first-order chi connectivity index (χ1) is 13.2. The molecule has 6 aromatic rings. The topological polar surface area (TPSA) is 17.5 Å². The van der Waals surface area contributed by atoms with E-state index in [9.17, 15) is 0 Å². The zero-order valence-electron chi connectivity index (χ0n) is 15.6. The molecular weight excluding hydrogens is 332 g/mol. The predicted molar refractivity (Wildman–Crippen MR) is 111 cm³/mol. The summed E-state index contributed by atoms with van der Waals surface area (Å²) < 4.78 is 10.3. The quantitative estimate of drug-likeness (QED) is 0.228. The maximum absolute atomic E-state index is 5.64. The summed E-state index contributed by atoms with van der Waals surface area (Å²) in [5.74, 6) is 0.888. The molecular formula is C24H19N2O+. The van der Waals surface area contributed by atoms with Crippen LogP contribution in [0.1, 0.15) is 5.56 Å². The maximum atomic E-state index is 5.64. The van der Waals surface area contributed by atoms with Gasteiger partial charge in [-0.1, -0.05) is 30.3 Å². The molecule has 0 fully saturated rings. The third kappa shape index (κ3) is 1.69. The number of benzene rings is 3. The van der Waals surface area contributed by atoms with Crippen LogP contribution in [-0.2, 0) is 7.05 Å². The Morgan fingerprint density at radius 3 is 2.59 bits per heavy atom. The van der Waals surface area contributed by atoms with E-state index in [0.29, 0.717) is 0 Å². The van der Waals surface area contributed by atoms with Gasteiger partial charge in [-0.2, -0.15) is 0 Å². The van der Waals surface area contributed by atoms with Crippen LogP contribution >= 0.6 is 0 Å². The molecule has 3 aromatic heterocycles. The van der Waals surface area contributed by atoms with Crippen molar-refractivity contribution in [1.29, 1.82) is 0 Å². The van der Waals surface area contributed by atoms with Gasteiger partial charge in [-0.15, -0.1) is 0 Å². The first kappa shape index (κ1) is 14.8. The Balaban J connectivity index is 2.13. The molecule has 6 rings (SSSR count). The second-order valence-corrected chi connectivity index (χ2v) is 7.39. The lowest BCUT2D eigenvalue weighted by Crippen LogP contribution is -2.28. The molecule has 0 aliphatic heterocycles. The molecule has 0 spiro atoms. The first-order valence-corrected chi connectivity index (χ1v) is 9.23. The van der Waals surface area contributed by atoms with Gasteiger partial charge < -0.3 is 9.14 Å². The monoisotopic (exact) mass is 351 g/mol. The van der Waals surface area contributed by atoms with Crippen LogP contribution in [0.15, 0.2) is 60.8 Å². The van der Waals surface area contributed by atoms with E-state index in [2.05, 4.69) is 83.7 Å². The SMILES string of the molecule is COc1cc2cc[n+](C)c3c4c(C)ccc5c6ccccc6n(c(c1)c23)c54. The highest BCUT2D eigenvalue weighted by molar-refractivity contribution is 6.25. The van der Waals surface area contributed by atoms with Gasteiger partial charge in [0.2, 0.25) is 5.52 Å². The molecule has 3 nitrogen and oxygen atoms in total. The average Bonchev–Trinajstić information content (AvgIpc) is 3.03. The van der Waals surface area contributed by atoms with E-state index in [1.54, 1.807) is 7.11 Å². The molecule has 0 bridgehead atoms. The molecule has 0 aliphatic rings. The van der Waals surface area contributed by atoms with E-state index in [-0.39, 0.29) is 0 Å². The summed E-state index contributed by atoms with van der Waals surface area (Å²) >= 11 is 0. The summed E-state index contributed by atoms with van der Waals surface area (Å²) in [7, 11) is 3.88. The van der Waals surface area contributed by atoms with E-state index >= 15 is 0 Å². The largest absolute Gasteiger partial charge is 0.497 e. The predicted octanol–water partition coefficient (Wildman–Crippen LogP) is 5.13. The molecule has 3 aromatic carbocycles. The van der Waals surface area contributed by atoms with Gasteiger partial charge in [0.15, 0.2) is 6.20 Å². The number of ether oxygens (including phenoxy) is 1. The number of aromatic nitrogens is 2. The van der Waals surface area contributed by atoms with Gasteiger partial charge in [-0.05, 0) is 24.6 Å². The summed E-state index contributed by atoms with van der Waals surface area (Å²) in [6, 6.07) is 19.7. The van der Waals surface area contributed by atoms with Crippen LogP contribution in [0.25, 0.3) is 49.0 Å². The van der Waals surface area contributed by atoms with Crippen molar-refractivity contribution < 1.29 is 9.30 Å². The number of hydrogen-bond donors (Lipinski definition) is 0. The number of fused-ring (bicyclic) bond motifs is 5. The minimum absolute atomic E-state index is 0.888. The standard InChI is InChI=1S/C24H19N2O/c1-14-8-9-18-17-6-4-5-7-19(17)26-20-13-16(27-3)12-15-10-11-25(2)24(22(15)20)21(14)23(18)26/h4-13H,1-3H3/q+1. The van der Waals surface area contributed by atoms with E-state index in [1.165, 1.54) is 54.6 Å². The Kier molecular flexibility index (Phi) is 2.68. The van der Waals surface area contributed by atoms with E-state index in [4.69, 9.17) is 4.74 Å². The Labute approximate surface area is 156 Å². The summed E-state index contributed by atoms with van der Waals surface area (Å²) in [6.45, 7) is 2.21. The highest BCUT2D eigenvalue weighted by Crippen LogP contribution is 2.41. The van der Waals surface area contributed by atoms with Crippen molar-refractivity contribution in [3.8, 4) is 5.75 Å². The van der Waals surface area contributed by atoms with Crippen LogP contribution in [0.2, 0.25) is 0 Å². The number of rotatable bonds is 1. The Bertz CT molecular complexity index is 1520. The fraction of sp³-hybridized carbons (Fsp3) is 0.125. The van der Waals surface area contributed by atoms with Crippen molar-refractivity contribution in [3.63, 3.8) is 0 Å². The van der Waals surface area contributed by atoms with Gasteiger partial charge in [-0.3, -0.25) is 0 Å². The van der Waals surface area contributed by atoms with E-state index in [1.807, 2.05) is 0 Å². The molecule has 0 radical (unpaired) electrons. The summed E-state index contributed by atoms with van der Waals surface area (Å²) in [5, 5.41) is 6.41. The lowest BCUT2D eigenvalue weighted by molar-refractivity contribution is -0.643. The van der Waals surface area contributed by atoms with Gasteiger partial charge in [0.25, 0.3) is 0 Å². The van der Waals surface area contributed by atoms with Crippen LogP contribution < -0.4 is 9.30 Å². The van der Waals surface area contributed by atoms with Crippen molar-refractivity contribution in [2.45, 2.75) is 6.92 Å². The highest BCUT2D eigenvalue weighted by atomic mass is 16.5. The molecule has 0 amide bonds. The lowest BCUT2D eigenvalue weighted by Gasteiger charge is -2.13. The Morgan fingerprint density at radius 1 is 0.889 bits per heavy atom. The van der Waals surface area contributed by atoms with Crippen LogP contribution in [0.5, 0.6) is 5.75 Å². The second-order valence-electron chi connectivity index (χ2n) is 7.39. The van der Waals surface area contributed by atoms with Crippen molar-refractivity contribution >= 4 is 49.0 Å². The fourth-order valence-electron chi connectivity index (χ4n) is 4.76. The molecule has 0 saturated heterocycles. The molecule has 3 heterocycles. The normalized spacial score (nSPS) is 12.3. The average molecular weight is 351 g/mol. The molecule has 130 valence electrons. The maximum Gasteiger partial charge on any atom is 0.224 e. The molecule has 3 heteroatoms. The second kappa shape index (κ2) is 4.89. The van der Waals surface area contributed by atoms with Crippen molar-refractivity contribution in [3.05, 3.63) is 66.4 Å². The summed E-state index contributed by atoms with van der Waals surface area (Å²) in [5.41, 5.74) is 6.31. The molecule has 0 aliphatic carbocycles. The summed E-state index contributed by atoms with van der Waals surface area (Å²) in [6.07, 6.45) is 2.15. The number of methoxy groups -OCH3 is 1. The number of para-hydroxylation sites is 1. The first-order valence-electron chi connectivity index (χ1n) is 9.23. The van der Waals surface area contributed by atoms with E-state index in [0.717, 1.165) is 5.75 Å². The minimum atomic E-state index is 0.888. The molecule has 0 atom stereocenters. The molecule has 0 unspecified atom stereocenters. The Hall–Kier alpha value is -3.33. The third-order valence-corrected chi connectivity index (χ3v) is 5.95. The van der Waals surface area contributed by atoms with Crippen molar-refractivity contribution in [2.75, 3.05) is 7.11 Å².